The van der Waals surface area contributed by atoms with Crippen LogP contribution in [-0.2, 0) is 6.54 Å². The van der Waals surface area contributed by atoms with E-state index in [4.69, 9.17) is 23.2 Å². The molecular formula is C15H9Cl2FN2O2. The summed E-state index contributed by atoms with van der Waals surface area (Å²) < 4.78 is 14.2. The topological polar surface area (TPSA) is 54.9 Å². The molecule has 0 saturated heterocycles. The Morgan fingerprint density at radius 3 is 2.64 bits per heavy atom. The molecule has 4 nitrogen and oxygen atoms in total. The first-order valence-corrected chi connectivity index (χ1v) is 7.07. The van der Waals surface area contributed by atoms with E-state index in [9.17, 15) is 14.0 Å². The van der Waals surface area contributed by atoms with E-state index in [1.165, 1.54) is 30.3 Å². The van der Waals surface area contributed by atoms with Gasteiger partial charge < -0.3 is 4.98 Å². The maximum absolute atomic E-state index is 13.2. The maximum atomic E-state index is 13.2. The molecule has 0 unspecified atom stereocenters. The number of halogens is 3. The van der Waals surface area contributed by atoms with Gasteiger partial charge in [0.2, 0.25) is 0 Å². The molecule has 0 amide bonds. The third-order valence-electron chi connectivity index (χ3n) is 3.23. The average molecular weight is 339 g/mol. The molecule has 22 heavy (non-hydrogen) atoms. The Hall–Kier alpha value is -2.11. The van der Waals surface area contributed by atoms with Gasteiger partial charge in [0.25, 0.3) is 5.56 Å². The standard InChI is InChI=1S/C15H9Cl2FN2O2/c16-9-5-11(17)13-12(6-9)19-15(22)20(14(13)21)7-8-2-1-3-10(18)4-8/h1-6H,7H2,(H,19,22). The predicted molar refractivity (Wildman–Crippen MR) is 84.4 cm³/mol. The first kappa shape index (κ1) is 14.8. The van der Waals surface area contributed by atoms with E-state index < -0.39 is 17.1 Å². The van der Waals surface area contributed by atoms with Gasteiger partial charge in [-0.3, -0.25) is 9.36 Å². The van der Waals surface area contributed by atoms with Gasteiger partial charge in [-0.2, -0.15) is 0 Å². The van der Waals surface area contributed by atoms with Crippen molar-refractivity contribution in [3.63, 3.8) is 0 Å². The normalized spacial score (nSPS) is 11.0. The number of fused-ring (bicyclic) bond motifs is 1. The van der Waals surface area contributed by atoms with E-state index in [1.807, 2.05) is 0 Å². The summed E-state index contributed by atoms with van der Waals surface area (Å²) in [6.07, 6.45) is 0. The fourth-order valence-electron chi connectivity index (χ4n) is 2.26. The van der Waals surface area contributed by atoms with E-state index in [-0.39, 0.29) is 22.5 Å². The second-order valence-corrected chi connectivity index (χ2v) is 5.61. The molecule has 7 heteroatoms. The van der Waals surface area contributed by atoms with E-state index in [1.54, 1.807) is 6.07 Å². The lowest BCUT2D eigenvalue weighted by Gasteiger charge is -2.08. The summed E-state index contributed by atoms with van der Waals surface area (Å²) in [5.41, 5.74) is -0.398. The van der Waals surface area contributed by atoms with Crippen LogP contribution in [0.3, 0.4) is 0 Å². The van der Waals surface area contributed by atoms with Crippen LogP contribution in [0.4, 0.5) is 4.39 Å². The SMILES string of the molecule is O=c1[nH]c2cc(Cl)cc(Cl)c2c(=O)n1Cc1cccc(F)c1. The molecular weight excluding hydrogens is 330 g/mol. The Morgan fingerprint density at radius 1 is 1.14 bits per heavy atom. The zero-order valence-electron chi connectivity index (χ0n) is 11.1. The first-order chi connectivity index (χ1) is 10.5. The van der Waals surface area contributed by atoms with E-state index >= 15 is 0 Å². The minimum Gasteiger partial charge on any atom is -0.307 e. The molecule has 0 spiro atoms. The zero-order chi connectivity index (χ0) is 15.9. The second-order valence-electron chi connectivity index (χ2n) is 4.76. The van der Waals surface area contributed by atoms with Crippen molar-refractivity contribution in [2.24, 2.45) is 0 Å². The molecule has 112 valence electrons. The van der Waals surface area contributed by atoms with Crippen molar-refractivity contribution in [1.82, 2.24) is 9.55 Å². The molecule has 1 aromatic heterocycles. The van der Waals surface area contributed by atoms with Crippen LogP contribution in [0.2, 0.25) is 10.0 Å². The van der Waals surface area contributed by atoms with Crippen LogP contribution >= 0.6 is 23.2 Å². The number of aromatic nitrogens is 2. The third-order valence-corrected chi connectivity index (χ3v) is 3.75. The highest BCUT2D eigenvalue weighted by atomic mass is 35.5. The molecule has 1 heterocycles. The summed E-state index contributed by atoms with van der Waals surface area (Å²) >= 11 is 11.9. The second kappa shape index (κ2) is 5.59. The molecule has 2 aromatic carbocycles. The molecule has 0 saturated carbocycles. The number of aromatic amines is 1. The molecule has 0 atom stereocenters. The average Bonchev–Trinajstić information content (AvgIpc) is 2.42. The summed E-state index contributed by atoms with van der Waals surface area (Å²) in [6, 6.07) is 8.57. The molecule has 0 aliphatic heterocycles. The molecule has 0 fully saturated rings. The molecule has 1 N–H and O–H groups in total. The van der Waals surface area contributed by atoms with Gasteiger partial charge in [-0.1, -0.05) is 35.3 Å². The fourth-order valence-corrected chi connectivity index (χ4v) is 2.84. The van der Waals surface area contributed by atoms with Crippen LogP contribution in [-0.4, -0.2) is 9.55 Å². The molecule has 3 rings (SSSR count). The quantitative estimate of drug-likeness (QED) is 0.780. The van der Waals surface area contributed by atoms with E-state index in [2.05, 4.69) is 4.98 Å². The van der Waals surface area contributed by atoms with Crippen LogP contribution in [0.15, 0.2) is 46.0 Å². The van der Waals surface area contributed by atoms with E-state index in [0.29, 0.717) is 10.6 Å². The summed E-state index contributed by atoms with van der Waals surface area (Å²) in [4.78, 5) is 27.1. The van der Waals surface area contributed by atoms with Gasteiger partial charge in [0, 0.05) is 5.02 Å². The zero-order valence-corrected chi connectivity index (χ0v) is 12.6. The summed E-state index contributed by atoms with van der Waals surface area (Å²) in [7, 11) is 0. The Balaban J connectivity index is 2.23. The van der Waals surface area contributed by atoms with Crippen LogP contribution in [0.25, 0.3) is 10.9 Å². The first-order valence-electron chi connectivity index (χ1n) is 6.32. The highest BCUT2D eigenvalue weighted by Crippen LogP contribution is 2.23. The van der Waals surface area contributed by atoms with Crippen molar-refractivity contribution in [3.8, 4) is 0 Å². The number of nitrogens with one attached hydrogen (secondary N) is 1. The number of hydrogen-bond acceptors (Lipinski definition) is 2. The maximum Gasteiger partial charge on any atom is 0.329 e. The van der Waals surface area contributed by atoms with Crippen molar-refractivity contribution in [2.45, 2.75) is 6.54 Å². The van der Waals surface area contributed by atoms with Gasteiger partial charge in [-0.15, -0.1) is 0 Å². The largest absolute Gasteiger partial charge is 0.329 e. The molecule has 0 aliphatic carbocycles. The van der Waals surface area contributed by atoms with Gasteiger partial charge >= 0.3 is 5.69 Å². The highest BCUT2D eigenvalue weighted by Gasteiger charge is 2.12. The van der Waals surface area contributed by atoms with E-state index in [0.717, 1.165) is 4.57 Å². The van der Waals surface area contributed by atoms with Gasteiger partial charge in [0.15, 0.2) is 0 Å². The van der Waals surface area contributed by atoms with Crippen LogP contribution in [0.5, 0.6) is 0 Å². The van der Waals surface area contributed by atoms with Crippen LogP contribution < -0.4 is 11.2 Å². The van der Waals surface area contributed by atoms with Crippen molar-refractivity contribution in [2.75, 3.05) is 0 Å². The summed E-state index contributed by atoms with van der Waals surface area (Å²) in [5.74, 6) is -0.437. The summed E-state index contributed by atoms with van der Waals surface area (Å²) in [6.45, 7) is -0.0547. The molecule has 0 radical (unpaired) electrons. The van der Waals surface area contributed by atoms with Gasteiger partial charge in [-0.25, -0.2) is 9.18 Å². The Labute approximate surface area is 133 Å². The lowest BCUT2D eigenvalue weighted by molar-refractivity contribution is 0.621. The molecule has 0 aliphatic rings. The summed E-state index contributed by atoms with van der Waals surface area (Å²) in [5, 5.41) is 0.634. The van der Waals surface area contributed by atoms with Gasteiger partial charge in [0.1, 0.15) is 5.82 Å². The fraction of sp³-hybridized carbons (Fsp3) is 0.0667. The number of benzene rings is 2. The van der Waals surface area contributed by atoms with Crippen molar-refractivity contribution in [1.29, 1.82) is 0 Å². The lowest BCUT2D eigenvalue weighted by Crippen LogP contribution is -2.35. The van der Waals surface area contributed by atoms with Gasteiger partial charge in [0.05, 0.1) is 22.5 Å². The van der Waals surface area contributed by atoms with Crippen molar-refractivity contribution in [3.05, 3.63) is 78.7 Å². The molecule has 3 aromatic rings. The molecule has 0 bridgehead atoms. The number of nitrogens with zero attached hydrogens (tertiary/aromatic N) is 1. The number of rotatable bonds is 2. The smallest absolute Gasteiger partial charge is 0.307 e. The Bertz CT molecular complexity index is 995. The minimum absolute atomic E-state index is 0.0547. The van der Waals surface area contributed by atoms with Crippen LogP contribution in [0, 0.1) is 5.82 Å². The Morgan fingerprint density at radius 2 is 1.91 bits per heavy atom. The van der Waals surface area contributed by atoms with Crippen molar-refractivity contribution < 1.29 is 4.39 Å². The number of H-pyrrole nitrogens is 1. The number of hydrogen-bond donors (Lipinski definition) is 1. The predicted octanol–water partition coefficient (Wildman–Crippen LogP) is 3.18. The third kappa shape index (κ3) is 2.65. The monoisotopic (exact) mass is 338 g/mol. The minimum atomic E-state index is -0.611. The lowest BCUT2D eigenvalue weighted by atomic mass is 10.2. The van der Waals surface area contributed by atoms with Crippen molar-refractivity contribution >= 4 is 34.1 Å². The van der Waals surface area contributed by atoms with Gasteiger partial charge in [-0.05, 0) is 29.8 Å². The van der Waals surface area contributed by atoms with Crippen LogP contribution in [0.1, 0.15) is 5.56 Å². The highest BCUT2D eigenvalue weighted by molar-refractivity contribution is 6.38. The Kier molecular flexibility index (Phi) is 3.76.